The maximum atomic E-state index is 13.0. The van der Waals surface area contributed by atoms with Gasteiger partial charge in [0.25, 0.3) is 0 Å². The Morgan fingerprint density at radius 3 is 2.07 bits per heavy atom. The van der Waals surface area contributed by atoms with Crippen LogP contribution in [0.25, 0.3) is 0 Å². The molecule has 0 bridgehead atoms. The second-order valence-electron chi connectivity index (χ2n) is 7.27. The first-order chi connectivity index (χ1) is 13.9. The molecule has 2 aromatic rings. The van der Waals surface area contributed by atoms with Gasteiger partial charge in [-0.05, 0) is 23.5 Å². The lowest BCUT2D eigenvalue weighted by Crippen LogP contribution is -2.53. The number of ether oxygens (including phenoxy) is 1. The van der Waals surface area contributed by atoms with Gasteiger partial charge in [-0.15, -0.1) is 0 Å². The molecule has 0 radical (unpaired) electrons. The smallest absolute Gasteiger partial charge is 0.408 e. The van der Waals surface area contributed by atoms with Crippen LogP contribution in [0.1, 0.15) is 25.0 Å². The molecule has 2 amide bonds. The Hall–Kier alpha value is -3.15. The Morgan fingerprint density at radius 2 is 1.55 bits per heavy atom. The molecule has 2 aromatic carbocycles. The minimum absolute atomic E-state index is 0.118. The number of nitrogens with one attached hydrogen (secondary N) is 1. The van der Waals surface area contributed by atoms with Gasteiger partial charge in [-0.25, -0.2) is 4.79 Å². The number of amides is 2. The van der Waals surface area contributed by atoms with Gasteiger partial charge >= 0.3 is 6.09 Å². The van der Waals surface area contributed by atoms with E-state index in [0.717, 1.165) is 17.4 Å². The van der Waals surface area contributed by atoms with Crippen molar-refractivity contribution < 1.29 is 19.1 Å². The van der Waals surface area contributed by atoms with Gasteiger partial charge in [0.1, 0.15) is 18.9 Å². The molecule has 0 saturated heterocycles. The summed E-state index contributed by atoms with van der Waals surface area (Å²) in [5, 5.41) is 2.64. The number of hydrogen-bond acceptors (Lipinski definition) is 4. The van der Waals surface area contributed by atoms with Crippen molar-refractivity contribution in [1.29, 1.82) is 0 Å². The van der Waals surface area contributed by atoms with Crippen LogP contribution in [0.5, 0.6) is 0 Å². The molecule has 29 heavy (non-hydrogen) atoms. The van der Waals surface area contributed by atoms with E-state index in [2.05, 4.69) is 5.32 Å². The zero-order valence-electron chi connectivity index (χ0n) is 17.1. The first-order valence-corrected chi connectivity index (χ1v) is 9.65. The van der Waals surface area contributed by atoms with Gasteiger partial charge in [0.15, 0.2) is 0 Å². The molecule has 0 spiro atoms. The van der Waals surface area contributed by atoms with Crippen LogP contribution in [0.15, 0.2) is 60.7 Å². The molecule has 2 rings (SSSR count). The quantitative estimate of drug-likeness (QED) is 0.661. The zero-order valence-corrected chi connectivity index (χ0v) is 17.1. The Balaban J connectivity index is 1.99. The van der Waals surface area contributed by atoms with Crippen LogP contribution in [0, 0.1) is 5.92 Å². The summed E-state index contributed by atoms with van der Waals surface area (Å²) in [5.74, 6) is -0.497. The fourth-order valence-electron chi connectivity index (χ4n) is 2.92. The van der Waals surface area contributed by atoms with Crippen molar-refractivity contribution in [2.75, 3.05) is 7.05 Å². The van der Waals surface area contributed by atoms with Crippen LogP contribution >= 0.6 is 0 Å². The molecule has 1 N–H and O–H groups in total. The number of aldehydes is 1. The summed E-state index contributed by atoms with van der Waals surface area (Å²) < 4.78 is 5.23. The van der Waals surface area contributed by atoms with Crippen LogP contribution in [0.4, 0.5) is 4.79 Å². The molecule has 6 heteroatoms. The van der Waals surface area contributed by atoms with E-state index in [1.807, 2.05) is 74.5 Å². The van der Waals surface area contributed by atoms with Crippen molar-refractivity contribution in [2.45, 2.75) is 39.0 Å². The topological polar surface area (TPSA) is 75.7 Å². The van der Waals surface area contributed by atoms with Gasteiger partial charge in [-0.1, -0.05) is 74.5 Å². The van der Waals surface area contributed by atoms with Crippen LogP contribution in [0.3, 0.4) is 0 Å². The number of benzene rings is 2. The van der Waals surface area contributed by atoms with Crippen LogP contribution in [0.2, 0.25) is 0 Å². The van der Waals surface area contributed by atoms with Crippen molar-refractivity contribution in [2.24, 2.45) is 5.92 Å². The standard InChI is InChI=1S/C23H28N2O4/c1-17(2)21(24-23(28)29-16-19-12-8-5-9-13-19)22(27)25(3)20(15-26)14-18-10-6-4-7-11-18/h4-13,15,17,20-21H,14,16H2,1-3H3,(H,24,28)/t20-,21-/m0/s1. The van der Waals surface area contributed by atoms with Crippen molar-refractivity contribution in [1.82, 2.24) is 10.2 Å². The van der Waals surface area contributed by atoms with Gasteiger partial charge in [-0.2, -0.15) is 0 Å². The number of carbonyl (C=O) groups excluding carboxylic acids is 3. The van der Waals surface area contributed by atoms with Crippen molar-refractivity contribution in [3.8, 4) is 0 Å². The second kappa shape index (κ2) is 11.0. The third-order valence-corrected chi connectivity index (χ3v) is 4.71. The van der Waals surface area contributed by atoms with Crippen LogP contribution < -0.4 is 5.32 Å². The van der Waals surface area contributed by atoms with Crippen molar-refractivity contribution in [3.63, 3.8) is 0 Å². The van der Waals surface area contributed by atoms with Gasteiger partial charge in [-0.3, -0.25) is 4.79 Å². The van der Waals surface area contributed by atoms with Gasteiger partial charge in [0, 0.05) is 7.05 Å². The SMILES string of the molecule is CC(C)[C@H](NC(=O)OCc1ccccc1)C(=O)N(C)[C@H](C=O)Cc1ccccc1. The molecule has 6 nitrogen and oxygen atoms in total. The molecular formula is C23H28N2O4. The van der Waals surface area contributed by atoms with E-state index < -0.39 is 18.2 Å². The third-order valence-electron chi connectivity index (χ3n) is 4.71. The molecule has 0 aliphatic heterocycles. The summed E-state index contributed by atoms with van der Waals surface area (Å²) in [7, 11) is 1.58. The Bertz CT molecular complexity index is 793. The lowest BCUT2D eigenvalue weighted by molar-refractivity contribution is -0.137. The highest BCUT2D eigenvalue weighted by atomic mass is 16.5. The number of carbonyl (C=O) groups is 3. The highest BCUT2D eigenvalue weighted by molar-refractivity contribution is 5.87. The summed E-state index contributed by atoms with van der Waals surface area (Å²) >= 11 is 0. The fourth-order valence-corrected chi connectivity index (χ4v) is 2.92. The van der Waals surface area contributed by atoms with E-state index in [9.17, 15) is 14.4 Å². The molecule has 0 heterocycles. The van der Waals surface area contributed by atoms with E-state index in [1.165, 1.54) is 4.90 Å². The molecule has 0 fully saturated rings. The van der Waals surface area contributed by atoms with E-state index in [0.29, 0.717) is 6.42 Å². The highest BCUT2D eigenvalue weighted by Crippen LogP contribution is 2.12. The molecule has 0 saturated carbocycles. The number of hydrogen-bond donors (Lipinski definition) is 1. The fraction of sp³-hybridized carbons (Fsp3) is 0.348. The monoisotopic (exact) mass is 396 g/mol. The maximum Gasteiger partial charge on any atom is 0.408 e. The zero-order chi connectivity index (χ0) is 21.2. The van der Waals surface area contributed by atoms with E-state index in [4.69, 9.17) is 4.74 Å². The van der Waals surface area contributed by atoms with Gasteiger partial charge < -0.3 is 19.7 Å². The number of alkyl carbamates (subject to hydrolysis) is 1. The first-order valence-electron chi connectivity index (χ1n) is 9.65. The predicted molar refractivity (Wildman–Crippen MR) is 111 cm³/mol. The minimum Gasteiger partial charge on any atom is -0.445 e. The van der Waals surface area contributed by atoms with Crippen molar-refractivity contribution in [3.05, 3.63) is 71.8 Å². The molecule has 0 aliphatic rings. The predicted octanol–water partition coefficient (Wildman–Crippen LogP) is 3.21. The number of rotatable bonds is 9. The summed E-state index contributed by atoms with van der Waals surface area (Å²) in [6.07, 6.45) is 0.506. The van der Waals surface area contributed by atoms with E-state index in [1.54, 1.807) is 7.05 Å². The second-order valence-corrected chi connectivity index (χ2v) is 7.27. The Labute approximate surface area is 171 Å². The lowest BCUT2D eigenvalue weighted by Gasteiger charge is -2.30. The van der Waals surface area contributed by atoms with Crippen LogP contribution in [-0.2, 0) is 27.4 Å². The van der Waals surface area contributed by atoms with E-state index >= 15 is 0 Å². The number of likely N-dealkylation sites (N-methyl/N-ethyl adjacent to an activating group) is 1. The molecule has 0 aromatic heterocycles. The Kier molecular flexibility index (Phi) is 8.40. The maximum absolute atomic E-state index is 13.0. The largest absolute Gasteiger partial charge is 0.445 e. The highest BCUT2D eigenvalue weighted by Gasteiger charge is 2.31. The molecular weight excluding hydrogens is 368 g/mol. The van der Waals surface area contributed by atoms with Crippen molar-refractivity contribution >= 4 is 18.3 Å². The Morgan fingerprint density at radius 1 is 1.00 bits per heavy atom. The third kappa shape index (κ3) is 6.75. The molecule has 154 valence electrons. The normalized spacial score (nSPS) is 12.7. The van der Waals surface area contributed by atoms with Crippen LogP contribution in [-0.4, -0.2) is 42.3 Å². The molecule has 0 aliphatic carbocycles. The summed E-state index contributed by atoms with van der Waals surface area (Å²) in [6, 6.07) is 17.4. The minimum atomic E-state index is -0.790. The van der Waals surface area contributed by atoms with E-state index in [-0.39, 0.29) is 18.4 Å². The first kappa shape index (κ1) is 22.1. The molecule has 2 atom stereocenters. The average Bonchev–Trinajstić information content (AvgIpc) is 2.74. The summed E-state index contributed by atoms with van der Waals surface area (Å²) in [4.78, 5) is 38.2. The number of nitrogens with zero attached hydrogens (tertiary/aromatic N) is 1. The summed E-state index contributed by atoms with van der Waals surface area (Å²) in [6.45, 7) is 3.79. The lowest BCUT2D eigenvalue weighted by atomic mass is 10.0. The van der Waals surface area contributed by atoms with Gasteiger partial charge in [0.05, 0.1) is 6.04 Å². The van der Waals surface area contributed by atoms with Gasteiger partial charge in [0.2, 0.25) is 5.91 Å². The average molecular weight is 396 g/mol. The summed E-state index contributed by atoms with van der Waals surface area (Å²) in [5.41, 5.74) is 1.82. The molecule has 0 unspecified atom stereocenters.